The van der Waals surface area contributed by atoms with Crippen molar-refractivity contribution in [2.75, 3.05) is 49.1 Å². The molecule has 1 aliphatic carbocycles. The molecule has 1 aromatic heterocycles. The molecule has 1 saturated carbocycles. The van der Waals surface area contributed by atoms with Crippen molar-refractivity contribution in [1.29, 1.82) is 5.26 Å². The number of nitrogens with zero attached hydrogens (tertiary/aromatic N) is 7. The number of halogens is 1. The Balaban J connectivity index is 0.700. The van der Waals surface area contributed by atoms with Gasteiger partial charge in [0.1, 0.15) is 29.4 Å². The van der Waals surface area contributed by atoms with Gasteiger partial charge in [0.25, 0.3) is 17.7 Å². The maximum atomic E-state index is 13.4. The lowest BCUT2D eigenvalue weighted by molar-refractivity contribution is -0.136. The molecule has 9 rings (SSSR count). The summed E-state index contributed by atoms with van der Waals surface area (Å²) in [4.78, 5) is 80.9. The lowest BCUT2D eigenvalue weighted by atomic mass is 9.71. The number of fused-ring (bicyclic) bond motifs is 1. The summed E-state index contributed by atoms with van der Waals surface area (Å²) >= 11 is 6.15. The Morgan fingerprint density at radius 2 is 1.61 bits per heavy atom. The molecule has 3 aromatic rings. The average Bonchev–Trinajstić information content (AvgIpc) is 3.48. The number of likely N-dealkylation sites (tertiary alicyclic amines) is 1. The number of hydrogen-bond donors (Lipinski definition) is 2. The first kappa shape index (κ1) is 38.9. The summed E-state index contributed by atoms with van der Waals surface area (Å²) in [7, 11) is 0. The smallest absolute Gasteiger partial charge is 0.271 e. The number of anilines is 2. The van der Waals surface area contributed by atoms with E-state index in [1.54, 1.807) is 42.7 Å². The second-order valence-electron chi connectivity index (χ2n) is 16.9. The zero-order chi connectivity index (χ0) is 40.8. The number of rotatable bonds is 8. The fourth-order valence-electron chi connectivity index (χ4n) is 9.79. The van der Waals surface area contributed by atoms with E-state index in [0.29, 0.717) is 39.2 Å². The van der Waals surface area contributed by atoms with Crippen LogP contribution >= 0.6 is 11.6 Å². The van der Waals surface area contributed by atoms with Gasteiger partial charge in [-0.05, 0) is 101 Å². The van der Waals surface area contributed by atoms with Gasteiger partial charge in [0, 0.05) is 61.9 Å². The molecule has 6 aliphatic rings. The highest BCUT2D eigenvalue weighted by Crippen LogP contribution is 2.43. The third-order valence-corrected chi connectivity index (χ3v) is 13.6. The molecule has 5 fully saturated rings. The van der Waals surface area contributed by atoms with Crippen LogP contribution in [0.15, 0.2) is 48.8 Å². The van der Waals surface area contributed by atoms with Crippen LogP contribution in [0.4, 0.5) is 11.5 Å². The number of nitriles is 1. The second-order valence-corrected chi connectivity index (χ2v) is 17.3. The van der Waals surface area contributed by atoms with E-state index in [1.165, 1.54) is 0 Å². The summed E-state index contributed by atoms with van der Waals surface area (Å²) in [6.45, 7) is 5.65. The minimum absolute atomic E-state index is 0.0222. The highest BCUT2D eigenvalue weighted by molar-refractivity contribution is 6.31. The Kier molecular flexibility index (Phi) is 10.5. The van der Waals surface area contributed by atoms with Crippen LogP contribution in [0.2, 0.25) is 5.02 Å². The zero-order valence-electron chi connectivity index (χ0n) is 32.7. The van der Waals surface area contributed by atoms with Crippen LogP contribution in [0.3, 0.4) is 0 Å². The molecule has 16 heteroatoms. The molecule has 1 spiro atoms. The van der Waals surface area contributed by atoms with Gasteiger partial charge < -0.3 is 24.8 Å². The van der Waals surface area contributed by atoms with Crippen molar-refractivity contribution in [3.8, 4) is 11.8 Å². The number of imide groups is 2. The summed E-state index contributed by atoms with van der Waals surface area (Å²) in [5.41, 5.74) is 2.50. The van der Waals surface area contributed by atoms with E-state index in [2.05, 4.69) is 41.4 Å². The quantitative estimate of drug-likeness (QED) is 0.311. The van der Waals surface area contributed by atoms with Gasteiger partial charge in [0.15, 0.2) is 0 Å². The Labute approximate surface area is 347 Å². The maximum Gasteiger partial charge on any atom is 0.271 e. The number of hydrogen-bond acceptors (Lipinski definition) is 12. The molecule has 59 heavy (non-hydrogen) atoms. The van der Waals surface area contributed by atoms with Gasteiger partial charge in [-0.15, -0.1) is 0 Å². The number of benzene rings is 2. The molecule has 2 N–H and O–H groups in total. The van der Waals surface area contributed by atoms with Crippen molar-refractivity contribution in [1.82, 2.24) is 30.4 Å². The lowest BCUT2D eigenvalue weighted by Gasteiger charge is -2.55. The SMILES string of the molecule is N#Cc1ccc(O[C@H]2CC[C@H](NC(=O)c3cnc(N4CC5(CCN(C6CCN(c7ccc8c(c7)C(=O)N(C7CCC(=O)NC7=O)C8=O)CC6)CC5)C4)cn3)CC2)cc1Cl. The molecule has 1 atom stereocenters. The molecule has 306 valence electrons. The fraction of sp³-hybridized carbons (Fsp3) is 0.488. The van der Waals surface area contributed by atoms with E-state index in [9.17, 15) is 24.0 Å². The normalized spacial score (nSPS) is 24.7. The van der Waals surface area contributed by atoms with Crippen LogP contribution in [-0.2, 0) is 9.59 Å². The van der Waals surface area contributed by atoms with Gasteiger partial charge in [-0.2, -0.15) is 5.26 Å². The van der Waals surface area contributed by atoms with E-state index >= 15 is 0 Å². The van der Waals surface area contributed by atoms with E-state index < -0.39 is 29.7 Å². The number of amides is 5. The third-order valence-electron chi connectivity index (χ3n) is 13.2. The molecular weight excluding hydrogens is 774 g/mol. The summed E-state index contributed by atoms with van der Waals surface area (Å²) in [6, 6.07) is 12.1. The van der Waals surface area contributed by atoms with Crippen molar-refractivity contribution in [2.24, 2.45) is 5.41 Å². The molecule has 0 radical (unpaired) electrons. The number of ether oxygens (including phenoxy) is 1. The molecule has 15 nitrogen and oxygen atoms in total. The van der Waals surface area contributed by atoms with Gasteiger partial charge >= 0.3 is 0 Å². The molecule has 0 bridgehead atoms. The lowest BCUT2D eigenvalue weighted by Crippen LogP contribution is -2.62. The van der Waals surface area contributed by atoms with Crippen LogP contribution in [0.5, 0.6) is 5.75 Å². The number of carbonyl (C=O) groups is 5. The van der Waals surface area contributed by atoms with Crippen LogP contribution < -0.4 is 25.2 Å². The van der Waals surface area contributed by atoms with E-state index in [-0.39, 0.29) is 36.3 Å². The highest BCUT2D eigenvalue weighted by Gasteiger charge is 2.47. The van der Waals surface area contributed by atoms with Crippen molar-refractivity contribution < 1.29 is 28.7 Å². The fourth-order valence-corrected chi connectivity index (χ4v) is 10.0. The van der Waals surface area contributed by atoms with Crippen LogP contribution in [0.1, 0.15) is 101 Å². The van der Waals surface area contributed by atoms with E-state index in [1.807, 2.05) is 6.07 Å². The minimum Gasteiger partial charge on any atom is -0.490 e. The summed E-state index contributed by atoms with van der Waals surface area (Å²) in [5, 5.41) is 14.8. The number of carbonyl (C=O) groups excluding carboxylic acids is 5. The minimum atomic E-state index is -0.972. The maximum absolute atomic E-state index is 13.4. The van der Waals surface area contributed by atoms with Crippen LogP contribution in [-0.4, -0.2) is 113 Å². The van der Waals surface area contributed by atoms with Gasteiger partial charge in [0.2, 0.25) is 11.8 Å². The first-order valence-corrected chi connectivity index (χ1v) is 21.0. The number of piperidine rings is 3. The molecule has 4 saturated heterocycles. The molecule has 5 amide bonds. The van der Waals surface area contributed by atoms with Crippen molar-refractivity contribution in [3.63, 3.8) is 0 Å². The summed E-state index contributed by atoms with van der Waals surface area (Å²) in [6.07, 6.45) is 11.0. The zero-order valence-corrected chi connectivity index (χ0v) is 33.5. The van der Waals surface area contributed by atoms with Gasteiger partial charge in [-0.1, -0.05) is 11.6 Å². The van der Waals surface area contributed by atoms with Crippen molar-refractivity contribution in [2.45, 2.75) is 88.4 Å². The number of nitrogens with one attached hydrogen (secondary N) is 2. The molecule has 2 aromatic carbocycles. The first-order valence-electron chi connectivity index (χ1n) is 20.7. The Morgan fingerprint density at radius 1 is 0.864 bits per heavy atom. The topological polar surface area (TPSA) is 181 Å². The monoisotopic (exact) mass is 819 g/mol. The molecule has 1 unspecified atom stereocenters. The predicted molar refractivity (Wildman–Crippen MR) is 216 cm³/mol. The summed E-state index contributed by atoms with van der Waals surface area (Å²) in [5.74, 6) is -0.745. The van der Waals surface area contributed by atoms with Crippen LogP contribution in [0.25, 0.3) is 0 Å². The highest BCUT2D eigenvalue weighted by atomic mass is 35.5. The Morgan fingerprint density at radius 3 is 2.29 bits per heavy atom. The molecular formula is C43H46ClN9O6. The standard InChI is InChI=1S/C43H46ClN9O6/c44-34-20-31(5-1-26(34)21-45)59-30-6-2-27(3-7-30)48-39(55)35-22-47-37(23-46-35)52-24-43(25-52)13-17-51(18-14-43)28-11-15-50(16-12-28)29-4-8-32-33(19-29)42(58)53(41(32)57)36-9-10-38(54)49-40(36)56/h1,4-5,8,19-20,22-23,27-28,30,36H,2-3,6-7,9-18,24-25H2,(H,48,55)(H,49,54,56)/t27-,30-,36?. The van der Waals surface area contributed by atoms with Crippen molar-refractivity contribution >= 4 is 52.6 Å². The average molecular weight is 820 g/mol. The Hall–Kier alpha value is -5.59. The Bertz CT molecular complexity index is 2210. The molecule has 6 heterocycles. The van der Waals surface area contributed by atoms with E-state index in [4.69, 9.17) is 21.6 Å². The van der Waals surface area contributed by atoms with Gasteiger partial charge in [-0.3, -0.25) is 34.2 Å². The summed E-state index contributed by atoms with van der Waals surface area (Å²) < 4.78 is 6.08. The van der Waals surface area contributed by atoms with E-state index in [0.717, 1.165) is 107 Å². The second kappa shape index (κ2) is 15.9. The number of aromatic nitrogens is 2. The largest absolute Gasteiger partial charge is 0.490 e. The first-order chi connectivity index (χ1) is 28.6. The molecule has 5 aliphatic heterocycles. The van der Waals surface area contributed by atoms with Gasteiger partial charge in [0.05, 0.1) is 40.2 Å². The van der Waals surface area contributed by atoms with Gasteiger partial charge in [-0.25, -0.2) is 9.97 Å². The predicted octanol–water partition coefficient (Wildman–Crippen LogP) is 4.09. The van der Waals surface area contributed by atoms with Crippen LogP contribution in [0, 0.1) is 16.7 Å². The van der Waals surface area contributed by atoms with Crippen molar-refractivity contribution in [3.05, 3.63) is 76.2 Å². The third kappa shape index (κ3) is 7.71.